The third-order valence-corrected chi connectivity index (χ3v) is 7.63. The van der Waals surface area contributed by atoms with Gasteiger partial charge in [-0.05, 0) is 84.1 Å². The second kappa shape index (κ2) is 12.9. The van der Waals surface area contributed by atoms with Crippen LogP contribution in [0.2, 0.25) is 0 Å². The van der Waals surface area contributed by atoms with Gasteiger partial charge >= 0.3 is 0 Å². The van der Waals surface area contributed by atoms with Crippen molar-refractivity contribution >= 4 is 28.3 Å². The number of nitrogens with one attached hydrogen (secondary N) is 1. The van der Waals surface area contributed by atoms with Crippen LogP contribution in [0.4, 0.5) is 5.69 Å². The normalized spacial score (nSPS) is 17.0. The molecule has 212 valence electrons. The first kappa shape index (κ1) is 28.2. The largest absolute Gasteiger partial charge is 0.457 e. The molecule has 1 saturated heterocycles. The Hall–Kier alpha value is -4.36. The molecule has 7 nitrogen and oxygen atoms in total. The van der Waals surface area contributed by atoms with Gasteiger partial charge < -0.3 is 25.6 Å². The predicted octanol–water partition coefficient (Wildman–Crippen LogP) is 5.27. The van der Waals surface area contributed by atoms with Crippen molar-refractivity contribution in [1.29, 1.82) is 0 Å². The van der Waals surface area contributed by atoms with Gasteiger partial charge in [0, 0.05) is 32.7 Å². The van der Waals surface area contributed by atoms with E-state index in [-0.39, 0.29) is 11.8 Å². The number of anilines is 1. The Kier molecular flexibility index (Phi) is 8.85. The Morgan fingerprint density at radius 3 is 2.17 bits per heavy atom. The van der Waals surface area contributed by atoms with E-state index in [4.69, 9.17) is 10.5 Å². The van der Waals surface area contributed by atoms with Crippen LogP contribution in [0.1, 0.15) is 30.4 Å². The summed E-state index contributed by atoms with van der Waals surface area (Å²) in [6.07, 6.45) is 2.63. The van der Waals surface area contributed by atoms with Gasteiger partial charge in [-0.25, -0.2) is 0 Å². The molecular weight excluding hydrogens is 512 g/mol. The standard InChI is InChI=1S/C34H38N4O3/c1-37(2)28-14-18-30(19-15-28)41-29-16-11-24(12-17-29)23-38-32(9-5-6-20-35)33(39)36-31(34(38)40)22-25-10-13-26-7-3-4-8-27(26)21-25/h3-4,7-8,10-19,21,31-32H,5-6,9,20,22-23,35H2,1-2H3,(H,36,39)/t31-,32-/m0/s1. The number of unbranched alkanes of at least 4 members (excludes halogenated alkanes) is 1. The highest BCUT2D eigenvalue weighted by Gasteiger charge is 2.40. The van der Waals surface area contributed by atoms with E-state index in [9.17, 15) is 9.59 Å². The lowest BCUT2D eigenvalue weighted by atomic mass is 9.96. The second-order valence-electron chi connectivity index (χ2n) is 10.8. The predicted molar refractivity (Wildman–Crippen MR) is 164 cm³/mol. The molecule has 0 bridgehead atoms. The summed E-state index contributed by atoms with van der Waals surface area (Å²) in [7, 11) is 4.00. The zero-order valence-electron chi connectivity index (χ0n) is 23.8. The van der Waals surface area contributed by atoms with Crippen molar-refractivity contribution in [1.82, 2.24) is 10.2 Å². The zero-order valence-corrected chi connectivity index (χ0v) is 23.8. The van der Waals surface area contributed by atoms with Crippen LogP contribution in [0.25, 0.3) is 10.8 Å². The number of carbonyl (C=O) groups is 2. The minimum Gasteiger partial charge on any atom is -0.457 e. The highest BCUT2D eigenvalue weighted by Crippen LogP contribution is 2.26. The number of hydrogen-bond acceptors (Lipinski definition) is 5. The maximum absolute atomic E-state index is 13.8. The number of nitrogens with two attached hydrogens (primary N) is 1. The van der Waals surface area contributed by atoms with Crippen LogP contribution in [-0.4, -0.2) is 49.4 Å². The second-order valence-corrected chi connectivity index (χ2v) is 10.8. The number of carbonyl (C=O) groups excluding carboxylic acids is 2. The first-order valence-electron chi connectivity index (χ1n) is 14.2. The lowest BCUT2D eigenvalue weighted by Crippen LogP contribution is -2.63. The Morgan fingerprint density at radius 2 is 1.49 bits per heavy atom. The maximum atomic E-state index is 13.8. The summed E-state index contributed by atoms with van der Waals surface area (Å²) in [6, 6.07) is 28.8. The van der Waals surface area contributed by atoms with Gasteiger partial charge in [-0.15, -0.1) is 0 Å². The van der Waals surface area contributed by atoms with E-state index in [2.05, 4.69) is 29.6 Å². The molecule has 1 aliphatic rings. The van der Waals surface area contributed by atoms with Gasteiger partial charge in [0.15, 0.2) is 0 Å². The average Bonchev–Trinajstić information content (AvgIpc) is 2.98. The molecule has 0 aromatic heterocycles. The molecular formula is C34H38N4O3. The summed E-state index contributed by atoms with van der Waals surface area (Å²) in [5, 5.41) is 5.28. The van der Waals surface area contributed by atoms with Crippen LogP contribution in [-0.2, 0) is 22.6 Å². The number of hydrogen-bond donors (Lipinski definition) is 2. The fourth-order valence-electron chi connectivity index (χ4n) is 5.33. The molecule has 7 heteroatoms. The van der Waals surface area contributed by atoms with Gasteiger partial charge in [0.1, 0.15) is 23.6 Å². The number of rotatable bonds is 11. The Bertz CT molecular complexity index is 1480. The van der Waals surface area contributed by atoms with E-state index in [0.29, 0.717) is 31.7 Å². The molecule has 2 atom stereocenters. The van der Waals surface area contributed by atoms with Gasteiger partial charge in [0.2, 0.25) is 11.8 Å². The van der Waals surface area contributed by atoms with E-state index in [0.717, 1.165) is 46.2 Å². The van der Waals surface area contributed by atoms with Gasteiger partial charge in [-0.3, -0.25) is 9.59 Å². The van der Waals surface area contributed by atoms with E-state index in [1.807, 2.05) is 85.7 Å². The number of nitrogens with zero attached hydrogens (tertiary/aromatic N) is 2. The van der Waals surface area contributed by atoms with Crippen LogP contribution >= 0.6 is 0 Å². The van der Waals surface area contributed by atoms with Gasteiger partial charge in [0.05, 0.1) is 0 Å². The molecule has 4 aromatic rings. The van der Waals surface area contributed by atoms with Crippen molar-refractivity contribution in [2.45, 2.75) is 44.3 Å². The van der Waals surface area contributed by atoms with Crippen LogP contribution < -0.4 is 20.7 Å². The third-order valence-electron chi connectivity index (χ3n) is 7.63. The van der Waals surface area contributed by atoms with E-state index in [1.165, 1.54) is 0 Å². The summed E-state index contributed by atoms with van der Waals surface area (Å²) in [6.45, 7) is 0.914. The molecule has 1 heterocycles. The fourth-order valence-corrected chi connectivity index (χ4v) is 5.33. The summed E-state index contributed by atoms with van der Waals surface area (Å²) in [4.78, 5) is 30.9. The molecule has 5 rings (SSSR count). The number of benzene rings is 4. The minimum atomic E-state index is -0.609. The first-order valence-corrected chi connectivity index (χ1v) is 14.2. The lowest BCUT2D eigenvalue weighted by Gasteiger charge is -2.39. The molecule has 0 unspecified atom stereocenters. The van der Waals surface area contributed by atoms with E-state index >= 15 is 0 Å². The van der Waals surface area contributed by atoms with Crippen molar-refractivity contribution in [3.8, 4) is 11.5 Å². The molecule has 0 spiro atoms. The zero-order chi connectivity index (χ0) is 28.8. The quantitative estimate of drug-likeness (QED) is 0.249. The van der Waals surface area contributed by atoms with Gasteiger partial charge in [0.25, 0.3) is 0 Å². The Labute approximate surface area is 241 Å². The van der Waals surface area contributed by atoms with Crippen molar-refractivity contribution in [2.24, 2.45) is 5.73 Å². The summed E-state index contributed by atoms with van der Waals surface area (Å²) in [5.41, 5.74) is 8.77. The SMILES string of the molecule is CN(C)c1ccc(Oc2ccc(CN3C(=O)[C@H](Cc4ccc5ccccc5c4)NC(=O)[C@@H]3CCCCN)cc2)cc1. The van der Waals surface area contributed by atoms with Gasteiger partial charge in [-0.2, -0.15) is 0 Å². The molecule has 0 aliphatic carbocycles. The van der Waals surface area contributed by atoms with Crippen molar-refractivity contribution in [3.05, 3.63) is 102 Å². The van der Waals surface area contributed by atoms with Crippen LogP contribution in [0.3, 0.4) is 0 Å². The molecule has 41 heavy (non-hydrogen) atoms. The monoisotopic (exact) mass is 550 g/mol. The van der Waals surface area contributed by atoms with Gasteiger partial charge in [-0.1, -0.05) is 54.6 Å². The summed E-state index contributed by atoms with van der Waals surface area (Å²) < 4.78 is 6.02. The van der Waals surface area contributed by atoms with Crippen molar-refractivity contribution in [2.75, 3.05) is 25.5 Å². The average molecular weight is 551 g/mol. The Balaban J connectivity index is 1.31. The topological polar surface area (TPSA) is 87.9 Å². The van der Waals surface area contributed by atoms with Crippen LogP contribution in [0.15, 0.2) is 91.0 Å². The number of ether oxygens (including phenoxy) is 1. The molecule has 4 aromatic carbocycles. The highest BCUT2D eigenvalue weighted by atomic mass is 16.5. The summed E-state index contributed by atoms with van der Waals surface area (Å²) >= 11 is 0. The fraction of sp³-hybridized carbons (Fsp3) is 0.294. The molecule has 0 radical (unpaired) electrons. The van der Waals surface area contributed by atoms with E-state index in [1.54, 1.807) is 4.90 Å². The molecule has 1 aliphatic heterocycles. The van der Waals surface area contributed by atoms with Crippen molar-refractivity contribution in [3.63, 3.8) is 0 Å². The highest BCUT2D eigenvalue weighted by molar-refractivity contribution is 5.97. The molecule has 3 N–H and O–H groups in total. The number of amides is 2. The first-order chi connectivity index (χ1) is 19.9. The summed E-state index contributed by atoms with van der Waals surface area (Å²) in [5.74, 6) is 1.30. The minimum absolute atomic E-state index is 0.0585. The van der Waals surface area contributed by atoms with Crippen LogP contribution in [0, 0.1) is 0 Å². The Morgan fingerprint density at radius 1 is 0.829 bits per heavy atom. The molecule has 1 fully saturated rings. The smallest absolute Gasteiger partial charge is 0.246 e. The maximum Gasteiger partial charge on any atom is 0.246 e. The van der Waals surface area contributed by atoms with Crippen molar-refractivity contribution < 1.29 is 14.3 Å². The lowest BCUT2D eigenvalue weighted by molar-refractivity contribution is -0.150. The number of piperazine rings is 1. The molecule has 0 saturated carbocycles. The van der Waals surface area contributed by atoms with E-state index < -0.39 is 12.1 Å². The number of fused-ring (bicyclic) bond motifs is 1. The third kappa shape index (κ3) is 6.87. The molecule has 2 amide bonds. The van der Waals surface area contributed by atoms with Crippen LogP contribution in [0.5, 0.6) is 11.5 Å².